The standard InChI is InChI=1S/C14H18F2N2/c15-11-3-1-10(13(16)5-11)7-18-6-9-2-4-14(17)12(9)8-18/h1,3,5,9,12,14H,2,4,6-8,17H2. The van der Waals surface area contributed by atoms with Crippen molar-refractivity contribution in [3.63, 3.8) is 0 Å². The van der Waals surface area contributed by atoms with Gasteiger partial charge < -0.3 is 5.73 Å². The predicted octanol–water partition coefficient (Wildman–Crippen LogP) is 2.13. The van der Waals surface area contributed by atoms with Crippen LogP contribution in [0.3, 0.4) is 0 Å². The Hall–Kier alpha value is -1.00. The molecule has 1 aliphatic carbocycles. The van der Waals surface area contributed by atoms with Crippen molar-refractivity contribution in [3.8, 4) is 0 Å². The van der Waals surface area contributed by atoms with Crippen LogP contribution in [0.2, 0.25) is 0 Å². The third-order valence-corrected chi connectivity index (χ3v) is 4.40. The average molecular weight is 252 g/mol. The Balaban J connectivity index is 1.68. The molecule has 3 unspecified atom stereocenters. The normalized spacial score (nSPS) is 31.8. The number of hydrogen-bond donors (Lipinski definition) is 1. The second kappa shape index (κ2) is 4.59. The Bertz CT molecular complexity index is 449. The summed E-state index contributed by atoms with van der Waals surface area (Å²) in [4.78, 5) is 2.24. The van der Waals surface area contributed by atoms with Crippen molar-refractivity contribution in [1.29, 1.82) is 0 Å². The van der Waals surface area contributed by atoms with E-state index >= 15 is 0 Å². The minimum absolute atomic E-state index is 0.304. The van der Waals surface area contributed by atoms with Crippen molar-refractivity contribution >= 4 is 0 Å². The minimum Gasteiger partial charge on any atom is -0.327 e. The molecule has 0 amide bonds. The molecule has 18 heavy (non-hydrogen) atoms. The highest BCUT2D eigenvalue weighted by atomic mass is 19.1. The van der Waals surface area contributed by atoms with E-state index in [1.165, 1.54) is 12.5 Å². The van der Waals surface area contributed by atoms with Crippen LogP contribution in [0.5, 0.6) is 0 Å². The first-order chi connectivity index (χ1) is 8.63. The van der Waals surface area contributed by atoms with Gasteiger partial charge in [0.15, 0.2) is 0 Å². The highest BCUT2D eigenvalue weighted by Crippen LogP contribution is 2.37. The molecular weight excluding hydrogens is 234 g/mol. The third kappa shape index (κ3) is 2.15. The lowest BCUT2D eigenvalue weighted by Crippen LogP contribution is -2.30. The molecule has 2 nitrogen and oxygen atoms in total. The Morgan fingerprint density at radius 3 is 2.78 bits per heavy atom. The fraction of sp³-hybridized carbons (Fsp3) is 0.571. The molecule has 3 atom stereocenters. The molecule has 2 fully saturated rings. The van der Waals surface area contributed by atoms with Crippen LogP contribution >= 0.6 is 0 Å². The van der Waals surface area contributed by atoms with Crippen molar-refractivity contribution in [1.82, 2.24) is 4.90 Å². The molecule has 1 saturated carbocycles. The van der Waals surface area contributed by atoms with E-state index in [1.54, 1.807) is 6.07 Å². The lowest BCUT2D eigenvalue weighted by Gasteiger charge is -2.18. The van der Waals surface area contributed by atoms with Crippen molar-refractivity contribution in [2.75, 3.05) is 13.1 Å². The van der Waals surface area contributed by atoms with Crippen molar-refractivity contribution < 1.29 is 8.78 Å². The molecule has 0 bridgehead atoms. The molecule has 0 aromatic heterocycles. The van der Waals surface area contributed by atoms with Gasteiger partial charge in [0.25, 0.3) is 0 Å². The molecule has 2 N–H and O–H groups in total. The van der Waals surface area contributed by atoms with Gasteiger partial charge in [-0.25, -0.2) is 8.78 Å². The fourth-order valence-electron chi connectivity index (χ4n) is 3.42. The molecule has 98 valence electrons. The summed E-state index contributed by atoms with van der Waals surface area (Å²) in [7, 11) is 0. The van der Waals surface area contributed by atoms with E-state index < -0.39 is 11.6 Å². The number of rotatable bonds is 2. The number of hydrogen-bond acceptors (Lipinski definition) is 2. The number of halogens is 2. The largest absolute Gasteiger partial charge is 0.327 e. The van der Waals surface area contributed by atoms with E-state index in [-0.39, 0.29) is 0 Å². The van der Waals surface area contributed by atoms with Crippen LogP contribution in [-0.2, 0) is 6.54 Å². The van der Waals surface area contributed by atoms with Gasteiger partial charge >= 0.3 is 0 Å². The van der Waals surface area contributed by atoms with Gasteiger partial charge in [0.2, 0.25) is 0 Å². The SMILES string of the molecule is NC1CCC2CN(Cc3ccc(F)cc3F)CC12. The number of nitrogens with zero attached hydrogens (tertiary/aromatic N) is 1. The van der Waals surface area contributed by atoms with E-state index in [0.29, 0.717) is 30.0 Å². The lowest BCUT2D eigenvalue weighted by molar-refractivity contribution is 0.293. The monoisotopic (exact) mass is 252 g/mol. The molecule has 1 aliphatic heterocycles. The summed E-state index contributed by atoms with van der Waals surface area (Å²) in [6.07, 6.45) is 2.31. The zero-order valence-electron chi connectivity index (χ0n) is 10.3. The zero-order valence-corrected chi connectivity index (χ0v) is 10.3. The van der Waals surface area contributed by atoms with Gasteiger partial charge in [-0.2, -0.15) is 0 Å². The minimum atomic E-state index is -0.517. The fourth-order valence-corrected chi connectivity index (χ4v) is 3.42. The average Bonchev–Trinajstić information content (AvgIpc) is 2.86. The molecule has 1 heterocycles. The molecule has 2 aliphatic rings. The predicted molar refractivity (Wildman–Crippen MR) is 65.8 cm³/mol. The number of fused-ring (bicyclic) bond motifs is 1. The van der Waals surface area contributed by atoms with Gasteiger partial charge in [-0.3, -0.25) is 4.90 Å². The maximum Gasteiger partial charge on any atom is 0.130 e. The van der Waals surface area contributed by atoms with Crippen LogP contribution in [0.25, 0.3) is 0 Å². The van der Waals surface area contributed by atoms with Crippen molar-refractivity contribution in [3.05, 3.63) is 35.4 Å². The Morgan fingerprint density at radius 2 is 2.06 bits per heavy atom. The van der Waals surface area contributed by atoms with Gasteiger partial charge in [0.05, 0.1) is 0 Å². The van der Waals surface area contributed by atoms with Crippen molar-refractivity contribution in [2.24, 2.45) is 17.6 Å². The van der Waals surface area contributed by atoms with Crippen LogP contribution in [0.1, 0.15) is 18.4 Å². The summed E-state index contributed by atoms with van der Waals surface area (Å²) in [5, 5.41) is 0. The lowest BCUT2D eigenvalue weighted by atomic mass is 9.98. The Labute approximate surface area is 106 Å². The summed E-state index contributed by atoms with van der Waals surface area (Å²) < 4.78 is 26.4. The maximum absolute atomic E-state index is 13.6. The first-order valence-electron chi connectivity index (χ1n) is 6.55. The van der Waals surface area contributed by atoms with Crippen LogP contribution < -0.4 is 5.73 Å². The molecule has 3 rings (SSSR count). The topological polar surface area (TPSA) is 29.3 Å². The molecule has 4 heteroatoms. The van der Waals surface area contributed by atoms with E-state index in [0.717, 1.165) is 25.6 Å². The quantitative estimate of drug-likeness (QED) is 0.873. The van der Waals surface area contributed by atoms with Crippen LogP contribution in [-0.4, -0.2) is 24.0 Å². The van der Waals surface area contributed by atoms with Gasteiger partial charge in [-0.1, -0.05) is 6.07 Å². The summed E-state index contributed by atoms with van der Waals surface area (Å²) in [5.74, 6) is 0.268. The molecule has 1 aromatic carbocycles. The maximum atomic E-state index is 13.6. The summed E-state index contributed by atoms with van der Waals surface area (Å²) in [5.41, 5.74) is 6.65. The van der Waals surface area contributed by atoms with Gasteiger partial charge in [0, 0.05) is 37.3 Å². The summed E-state index contributed by atoms with van der Waals surface area (Å²) >= 11 is 0. The molecule has 1 saturated heterocycles. The third-order valence-electron chi connectivity index (χ3n) is 4.40. The van der Waals surface area contributed by atoms with Crippen LogP contribution in [0.4, 0.5) is 8.78 Å². The molecular formula is C14H18F2N2. The second-order valence-corrected chi connectivity index (χ2v) is 5.59. The van der Waals surface area contributed by atoms with E-state index in [2.05, 4.69) is 4.90 Å². The number of likely N-dealkylation sites (tertiary alicyclic amines) is 1. The summed E-state index contributed by atoms with van der Waals surface area (Å²) in [6.45, 7) is 2.50. The summed E-state index contributed by atoms with van der Waals surface area (Å²) in [6, 6.07) is 4.12. The van der Waals surface area contributed by atoms with E-state index in [1.807, 2.05) is 0 Å². The first-order valence-corrected chi connectivity index (χ1v) is 6.55. The Kier molecular flexibility index (Phi) is 3.08. The Morgan fingerprint density at radius 1 is 1.22 bits per heavy atom. The van der Waals surface area contributed by atoms with Gasteiger partial charge in [0.1, 0.15) is 11.6 Å². The molecule has 1 aromatic rings. The smallest absolute Gasteiger partial charge is 0.130 e. The van der Waals surface area contributed by atoms with Gasteiger partial charge in [-0.05, 0) is 30.7 Å². The highest BCUT2D eigenvalue weighted by molar-refractivity contribution is 5.18. The number of nitrogens with two attached hydrogens (primary N) is 1. The van der Waals surface area contributed by atoms with Crippen LogP contribution in [0.15, 0.2) is 18.2 Å². The molecule has 0 spiro atoms. The number of benzene rings is 1. The van der Waals surface area contributed by atoms with E-state index in [4.69, 9.17) is 5.73 Å². The zero-order chi connectivity index (χ0) is 12.7. The van der Waals surface area contributed by atoms with Crippen molar-refractivity contribution in [2.45, 2.75) is 25.4 Å². The van der Waals surface area contributed by atoms with E-state index in [9.17, 15) is 8.78 Å². The molecule has 0 radical (unpaired) electrons. The first kappa shape index (κ1) is 12.1. The second-order valence-electron chi connectivity index (χ2n) is 5.59. The van der Waals surface area contributed by atoms with Crippen LogP contribution in [0, 0.1) is 23.5 Å². The van der Waals surface area contributed by atoms with Gasteiger partial charge in [-0.15, -0.1) is 0 Å². The highest BCUT2D eigenvalue weighted by Gasteiger charge is 2.40.